The zero-order chi connectivity index (χ0) is 19.2. The number of rotatable bonds is 3. The summed E-state index contributed by atoms with van der Waals surface area (Å²) in [7, 11) is 0. The number of H-pyrrole nitrogens is 1. The molecule has 5 aromatic rings. The molecule has 0 radical (unpaired) electrons. The predicted molar refractivity (Wildman–Crippen MR) is 131 cm³/mol. The number of hydrogen-bond donors (Lipinski definition) is 2. The van der Waals surface area contributed by atoms with Crippen LogP contribution in [0.3, 0.4) is 0 Å². The van der Waals surface area contributed by atoms with E-state index in [0.29, 0.717) is 0 Å². The lowest BCUT2D eigenvalue weighted by Crippen LogP contribution is -2.19. The summed E-state index contributed by atoms with van der Waals surface area (Å²) in [6.07, 6.45) is 0. The highest BCUT2D eigenvalue weighted by Crippen LogP contribution is 2.31. The Morgan fingerprint density at radius 2 is 1.58 bits per heavy atom. The molecule has 0 bridgehead atoms. The molecule has 0 aliphatic carbocycles. The minimum absolute atomic E-state index is 0. The van der Waals surface area contributed by atoms with Gasteiger partial charge in [0.2, 0.25) is 0 Å². The lowest BCUT2D eigenvalue weighted by molar-refractivity contribution is 0.631. The topological polar surface area (TPSA) is 66.2 Å². The van der Waals surface area contributed by atoms with Crippen LogP contribution in [0, 0.1) is 0 Å². The van der Waals surface area contributed by atoms with E-state index in [9.17, 15) is 0 Å². The molecule has 7 heteroatoms. The molecule has 156 valence electrons. The Morgan fingerprint density at radius 3 is 2.35 bits per heavy atom. The van der Waals surface area contributed by atoms with Crippen LogP contribution in [0.25, 0.3) is 44.7 Å². The molecule has 2 N–H and O–H groups in total. The molecule has 5 nitrogen and oxygen atoms in total. The highest BCUT2D eigenvalue weighted by Gasteiger charge is 2.12. The monoisotopic (exact) mass is 450 g/mol. The number of para-hydroxylation sites is 2. The molecule has 6 rings (SSSR count). The Kier molecular flexibility index (Phi) is 5.72. The number of benzene rings is 3. The van der Waals surface area contributed by atoms with E-state index < -0.39 is 0 Å². The first-order chi connectivity index (χ1) is 14.3. The van der Waals surface area contributed by atoms with Crippen molar-refractivity contribution >= 4 is 52.7 Å². The normalized spacial score (nSPS) is 12.8. The van der Waals surface area contributed by atoms with Crippen LogP contribution in [0.2, 0.25) is 0 Å². The van der Waals surface area contributed by atoms with Crippen LogP contribution in [0.1, 0.15) is 5.56 Å². The van der Waals surface area contributed by atoms with Crippen molar-refractivity contribution in [3.63, 3.8) is 0 Å². The van der Waals surface area contributed by atoms with Crippen molar-refractivity contribution in [3.05, 3.63) is 78.4 Å². The number of nitrogens with one attached hydrogen (secondary N) is 2. The Balaban J connectivity index is 0.00000116. The summed E-state index contributed by atoms with van der Waals surface area (Å²) in [4.78, 5) is 12.6. The van der Waals surface area contributed by atoms with Gasteiger partial charge in [-0.3, -0.25) is 4.99 Å². The van der Waals surface area contributed by atoms with Gasteiger partial charge in [0, 0.05) is 28.6 Å². The summed E-state index contributed by atoms with van der Waals surface area (Å²) in [5.74, 6) is 2.69. The summed E-state index contributed by atoms with van der Waals surface area (Å²) >= 11 is 0. The van der Waals surface area contributed by atoms with Gasteiger partial charge < -0.3 is 14.7 Å². The molecule has 0 atom stereocenters. The van der Waals surface area contributed by atoms with Crippen molar-refractivity contribution < 1.29 is 4.42 Å². The van der Waals surface area contributed by atoms with Gasteiger partial charge in [0.05, 0.1) is 17.6 Å². The van der Waals surface area contributed by atoms with Gasteiger partial charge in [-0.1, -0.05) is 36.4 Å². The van der Waals surface area contributed by atoms with Gasteiger partial charge in [-0.05, 0) is 36.4 Å². The second kappa shape index (κ2) is 8.46. The molecule has 1 aliphatic rings. The molecular weight excluding hydrogens is 431 g/mol. The van der Waals surface area contributed by atoms with Gasteiger partial charge in [0.15, 0.2) is 0 Å². The lowest BCUT2D eigenvalue weighted by Gasteiger charge is -2.03. The third-order valence-electron chi connectivity index (χ3n) is 5.30. The maximum absolute atomic E-state index is 6.09. The fourth-order valence-corrected chi connectivity index (χ4v) is 3.81. The standard InChI is InChI=1S/C24H18N4O.2ClH/c1-2-4-20-19(3-1)27-24(28-20)17-9-10-21-18(13-17)14-22(29-21)15-5-7-16(8-6-15)23-25-11-12-26-23;;/h1-10,13-14H,11-12H2,(H,25,26)(H,27,28);2*1H. The predicted octanol–water partition coefficient (Wildman–Crippen LogP) is 5.84. The number of furan rings is 1. The van der Waals surface area contributed by atoms with E-state index >= 15 is 0 Å². The van der Waals surface area contributed by atoms with Gasteiger partial charge in [-0.15, -0.1) is 24.8 Å². The largest absolute Gasteiger partial charge is 0.456 e. The number of imidazole rings is 1. The minimum Gasteiger partial charge on any atom is -0.456 e. The van der Waals surface area contributed by atoms with Crippen LogP contribution < -0.4 is 5.32 Å². The number of hydrogen-bond acceptors (Lipinski definition) is 4. The van der Waals surface area contributed by atoms with E-state index in [4.69, 9.17) is 9.40 Å². The zero-order valence-corrected chi connectivity index (χ0v) is 18.1. The second-order valence-corrected chi connectivity index (χ2v) is 7.20. The van der Waals surface area contributed by atoms with Crippen molar-refractivity contribution in [1.82, 2.24) is 15.3 Å². The smallest absolute Gasteiger partial charge is 0.138 e. The molecule has 1 aliphatic heterocycles. The van der Waals surface area contributed by atoms with Gasteiger partial charge >= 0.3 is 0 Å². The Hall–Kier alpha value is -3.28. The van der Waals surface area contributed by atoms with Crippen LogP contribution in [-0.2, 0) is 0 Å². The fourth-order valence-electron chi connectivity index (χ4n) is 3.81. The number of aromatic nitrogens is 2. The van der Waals surface area contributed by atoms with Crippen LogP contribution >= 0.6 is 24.8 Å². The van der Waals surface area contributed by atoms with E-state index in [-0.39, 0.29) is 24.8 Å². The number of halogens is 2. The van der Waals surface area contributed by atoms with Gasteiger partial charge in [0.1, 0.15) is 23.0 Å². The zero-order valence-electron chi connectivity index (χ0n) is 16.5. The Morgan fingerprint density at radius 1 is 0.806 bits per heavy atom. The molecule has 3 aromatic carbocycles. The summed E-state index contributed by atoms with van der Waals surface area (Å²) in [5.41, 5.74) is 6.07. The third kappa shape index (κ3) is 3.78. The van der Waals surface area contributed by atoms with E-state index in [1.165, 1.54) is 0 Å². The number of aromatic amines is 1. The molecule has 3 heterocycles. The van der Waals surface area contributed by atoms with Crippen LogP contribution in [0.4, 0.5) is 0 Å². The molecule has 0 spiro atoms. The SMILES string of the molecule is Cl.Cl.c1ccc2[nH]c(-c3ccc4oc(-c5ccc(C6=NCCN6)cc5)cc4c3)nc2c1. The average Bonchev–Trinajstić information content (AvgIpc) is 3.52. The molecule has 0 saturated carbocycles. The maximum Gasteiger partial charge on any atom is 0.138 e. The van der Waals surface area contributed by atoms with Gasteiger partial charge in [-0.25, -0.2) is 4.98 Å². The van der Waals surface area contributed by atoms with Crippen molar-refractivity contribution in [2.24, 2.45) is 4.99 Å². The summed E-state index contributed by atoms with van der Waals surface area (Å²) in [5, 5.41) is 4.36. The maximum atomic E-state index is 6.09. The van der Waals surface area contributed by atoms with E-state index in [1.54, 1.807) is 0 Å². The molecule has 31 heavy (non-hydrogen) atoms. The van der Waals surface area contributed by atoms with Crippen LogP contribution in [-0.4, -0.2) is 28.9 Å². The number of fused-ring (bicyclic) bond motifs is 2. The molecular formula is C24H20Cl2N4O. The molecule has 0 amide bonds. The Labute approximate surface area is 191 Å². The lowest BCUT2D eigenvalue weighted by atomic mass is 10.1. The van der Waals surface area contributed by atoms with Crippen molar-refractivity contribution in [2.45, 2.75) is 0 Å². The van der Waals surface area contributed by atoms with E-state index in [1.807, 2.05) is 36.4 Å². The van der Waals surface area contributed by atoms with Crippen molar-refractivity contribution in [2.75, 3.05) is 13.1 Å². The molecule has 0 unspecified atom stereocenters. The fraction of sp³-hybridized carbons (Fsp3) is 0.0833. The second-order valence-electron chi connectivity index (χ2n) is 7.20. The van der Waals surface area contributed by atoms with E-state index in [0.717, 1.165) is 69.2 Å². The van der Waals surface area contributed by atoms with E-state index in [2.05, 4.69) is 51.7 Å². The summed E-state index contributed by atoms with van der Waals surface area (Å²) in [6, 6.07) is 24.6. The highest BCUT2D eigenvalue weighted by molar-refractivity contribution is 6.00. The third-order valence-corrected chi connectivity index (χ3v) is 5.30. The van der Waals surface area contributed by atoms with Gasteiger partial charge in [0.25, 0.3) is 0 Å². The van der Waals surface area contributed by atoms with Crippen LogP contribution in [0.5, 0.6) is 0 Å². The van der Waals surface area contributed by atoms with Gasteiger partial charge in [-0.2, -0.15) is 0 Å². The first-order valence-corrected chi connectivity index (χ1v) is 9.71. The first kappa shape index (κ1) is 21.0. The number of aliphatic imine (C=N–C) groups is 1. The highest BCUT2D eigenvalue weighted by atomic mass is 35.5. The quantitative estimate of drug-likeness (QED) is 0.362. The van der Waals surface area contributed by atoms with Crippen molar-refractivity contribution in [1.29, 1.82) is 0 Å². The number of nitrogens with zero attached hydrogens (tertiary/aromatic N) is 2. The number of amidine groups is 1. The first-order valence-electron chi connectivity index (χ1n) is 9.71. The molecule has 0 fully saturated rings. The summed E-state index contributed by atoms with van der Waals surface area (Å²) < 4.78 is 6.09. The van der Waals surface area contributed by atoms with Crippen LogP contribution in [0.15, 0.2) is 82.2 Å². The summed E-state index contributed by atoms with van der Waals surface area (Å²) in [6.45, 7) is 1.75. The Bertz CT molecular complexity index is 1350. The molecule has 2 aromatic heterocycles. The van der Waals surface area contributed by atoms with Crippen molar-refractivity contribution in [3.8, 4) is 22.7 Å². The average molecular weight is 451 g/mol. The minimum atomic E-state index is 0. The molecule has 0 saturated heterocycles.